The van der Waals surface area contributed by atoms with Crippen molar-refractivity contribution in [3.05, 3.63) is 80.7 Å². The first-order chi connectivity index (χ1) is 13.5. The molecule has 0 saturated carbocycles. The van der Waals surface area contributed by atoms with Crippen molar-refractivity contribution in [1.29, 1.82) is 5.26 Å². The fourth-order valence-electron chi connectivity index (χ4n) is 2.49. The minimum absolute atomic E-state index is 0.0233. The summed E-state index contributed by atoms with van der Waals surface area (Å²) in [4.78, 5) is 27.1. The van der Waals surface area contributed by atoms with E-state index in [-0.39, 0.29) is 11.6 Å². The molecule has 0 radical (unpaired) electrons. The van der Waals surface area contributed by atoms with Crippen LogP contribution in [0.15, 0.2) is 53.9 Å². The third-order valence-corrected chi connectivity index (χ3v) is 4.69. The highest BCUT2D eigenvalue weighted by Crippen LogP contribution is 2.29. The predicted octanol–water partition coefficient (Wildman–Crippen LogP) is 4.55. The van der Waals surface area contributed by atoms with Crippen molar-refractivity contribution in [2.45, 2.75) is 6.92 Å². The lowest BCUT2D eigenvalue weighted by molar-refractivity contribution is -0.385. The zero-order chi connectivity index (χ0) is 20.1. The highest BCUT2D eigenvalue weighted by molar-refractivity contribution is 7.14. The lowest BCUT2D eigenvalue weighted by Gasteiger charge is -2.00. The summed E-state index contributed by atoms with van der Waals surface area (Å²) >= 11 is 1.22. The molecular formula is C20H14N4O3S. The molecule has 1 amide bonds. The van der Waals surface area contributed by atoms with Crippen LogP contribution in [0.5, 0.6) is 0 Å². The zero-order valence-electron chi connectivity index (χ0n) is 14.7. The Hall–Kier alpha value is -3.83. The quantitative estimate of drug-likeness (QED) is 0.390. The Morgan fingerprint density at radius 2 is 2.11 bits per heavy atom. The summed E-state index contributed by atoms with van der Waals surface area (Å²) in [6.45, 7) is 1.67. The number of aromatic nitrogens is 1. The molecular weight excluding hydrogens is 376 g/mol. The number of rotatable bonds is 5. The number of nitriles is 1. The van der Waals surface area contributed by atoms with Crippen LogP contribution in [0.4, 0.5) is 10.8 Å². The molecule has 0 atom stereocenters. The SMILES string of the molecule is Cc1ccc(-c2csc(NC(=O)/C=C/c3ccccc3C#N)n2)cc1[N+](=O)[O-]. The van der Waals surface area contributed by atoms with E-state index < -0.39 is 4.92 Å². The third kappa shape index (κ3) is 4.28. The van der Waals surface area contributed by atoms with Crippen molar-refractivity contribution in [3.63, 3.8) is 0 Å². The molecule has 1 N–H and O–H groups in total. The molecule has 1 heterocycles. The number of nitrogens with zero attached hydrogens (tertiary/aromatic N) is 3. The number of anilines is 1. The Bertz CT molecular complexity index is 1130. The molecule has 0 bridgehead atoms. The van der Waals surface area contributed by atoms with Gasteiger partial charge in [-0.25, -0.2) is 4.98 Å². The van der Waals surface area contributed by atoms with Crippen LogP contribution in [0.3, 0.4) is 0 Å². The Morgan fingerprint density at radius 3 is 2.86 bits per heavy atom. The van der Waals surface area contributed by atoms with Gasteiger partial charge in [0, 0.05) is 28.6 Å². The summed E-state index contributed by atoms with van der Waals surface area (Å²) in [5.41, 5.74) is 2.86. The van der Waals surface area contributed by atoms with Gasteiger partial charge in [-0.1, -0.05) is 30.3 Å². The zero-order valence-corrected chi connectivity index (χ0v) is 15.6. The van der Waals surface area contributed by atoms with Crippen molar-refractivity contribution >= 4 is 34.1 Å². The highest BCUT2D eigenvalue weighted by Gasteiger charge is 2.14. The number of nitrogens with one attached hydrogen (secondary N) is 1. The molecule has 0 aliphatic heterocycles. The average molecular weight is 390 g/mol. The van der Waals surface area contributed by atoms with Gasteiger partial charge in [0.05, 0.1) is 22.2 Å². The van der Waals surface area contributed by atoms with E-state index in [1.54, 1.807) is 54.8 Å². The number of carbonyl (C=O) groups excluding carboxylic acids is 1. The van der Waals surface area contributed by atoms with Crippen molar-refractivity contribution in [2.75, 3.05) is 5.32 Å². The minimum atomic E-state index is -0.433. The van der Waals surface area contributed by atoms with E-state index in [1.807, 2.05) is 0 Å². The van der Waals surface area contributed by atoms with Crippen LogP contribution in [-0.2, 0) is 4.79 Å². The van der Waals surface area contributed by atoms with Crippen molar-refractivity contribution in [3.8, 4) is 17.3 Å². The third-order valence-electron chi connectivity index (χ3n) is 3.93. The van der Waals surface area contributed by atoms with Crippen LogP contribution in [0.1, 0.15) is 16.7 Å². The molecule has 0 aliphatic rings. The molecule has 0 fully saturated rings. The standard InChI is InChI=1S/C20H14N4O3S/c1-13-6-7-15(10-18(13)24(26)27)17-12-28-20(22-17)23-19(25)9-8-14-4-2-3-5-16(14)11-21/h2-10,12H,1H3,(H,22,23,25)/b9-8+. The summed E-state index contributed by atoms with van der Waals surface area (Å²) < 4.78 is 0. The maximum absolute atomic E-state index is 12.1. The van der Waals surface area contributed by atoms with Crippen LogP contribution >= 0.6 is 11.3 Å². The first-order valence-corrected chi connectivity index (χ1v) is 9.05. The lowest BCUT2D eigenvalue weighted by Crippen LogP contribution is -2.07. The summed E-state index contributed by atoms with van der Waals surface area (Å²) in [5, 5.41) is 24.9. The first-order valence-electron chi connectivity index (χ1n) is 8.17. The Kier molecular flexibility index (Phi) is 5.58. The van der Waals surface area contributed by atoms with Gasteiger partial charge >= 0.3 is 0 Å². The maximum Gasteiger partial charge on any atom is 0.272 e. The molecule has 8 heteroatoms. The molecule has 0 saturated heterocycles. The average Bonchev–Trinajstić information content (AvgIpc) is 3.15. The van der Waals surface area contributed by atoms with Crippen molar-refractivity contribution in [2.24, 2.45) is 0 Å². The Labute approximate surface area is 164 Å². The van der Waals surface area contributed by atoms with Crippen molar-refractivity contribution in [1.82, 2.24) is 4.98 Å². The number of aryl methyl sites for hydroxylation is 1. The van der Waals surface area contributed by atoms with E-state index in [0.717, 1.165) is 0 Å². The molecule has 3 aromatic rings. The summed E-state index contributed by atoms with van der Waals surface area (Å²) in [5.74, 6) is -0.386. The largest absolute Gasteiger partial charge is 0.298 e. The van der Waals surface area contributed by atoms with Gasteiger partial charge in [-0.05, 0) is 24.6 Å². The van der Waals surface area contributed by atoms with E-state index in [0.29, 0.717) is 33.1 Å². The van der Waals surface area contributed by atoms with E-state index in [2.05, 4.69) is 16.4 Å². The second-order valence-corrected chi connectivity index (χ2v) is 6.68. The first kappa shape index (κ1) is 18.9. The number of nitro groups is 1. The number of thiazole rings is 1. The van der Waals surface area contributed by atoms with E-state index in [9.17, 15) is 14.9 Å². The van der Waals surface area contributed by atoms with Gasteiger partial charge in [0.15, 0.2) is 5.13 Å². The normalized spacial score (nSPS) is 10.6. The van der Waals surface area contributed by atoms with Gasteiger partial charge in [-0.2, -0.15) is 5.26 Å². The second kappa shape index (κ2) is 8.24. The second-order valence-electron chi connectivity index (χ2n) is 5.82. The molecule has 0 unspecified atom stereocenters. The van der Waals surface area contributed by atoms with Crippen LogP contribution in [-0.4, -0.2) is 15.8 Å². The molecule has 0 aliphatic carbocycles. The maximum atomic E-state index is 12.1. The Morgan fingerprint density at radius 1 is 1.32 bits per heavy atom. The lowest BCUT2D eigenvalue weighted by atomic mass is 10.1. The van der Waals surface area contributed by atoms with Crippen molar-refractivity contribution < 1.29 is 9.72 Å². The van der Waals surface area contributed by atoms with Crippen LogP contribution in [0.2, 0.25) is 0 Å². The number of hydrogen-bond donors (Lipinski definition) is 1. The molecule has 2 aromatic carbocycles. The number of nitro benzene ring substituents is 1. The number of hydrogen-bond acceptors (Lipinski definition) is 6. The molecule has 0 spiro atoms. The van der Waals surface area contributed by atoms with Gasteiger partial charge in [0.25, 0.3) is 5.69 Å². The summed E-state index contributed by atoms with van der Waals surface area (Å²) in [6, 6.07) is 13.9. The molecule has 3 rings (SSSR count). The monoisotopic (exact) mass is 390 g/mol. The minimum Gasteiger partial charge on any atom is -0.298 e. The van der Waals surface area contributed by atoms with E-state index >= 15 is 0 Å². The molecule has 1 aromatic heterocycles. The highest BCUT2D eigenvalue weighted by atomic mass is 32.1. The van der Waals surface area contributed by atoms with Gasteiger partial charge in [-0.15, -0.1) is 11.3 Å². The van der Waals surface area contributed by atoms with Gasteiger partial charge in [0.1, 0.15) is 0 Å². The van der Waals surface area contributed by atoms with E-state index in [1.165, 1.54) is 23.5 Å². The van der Waals surface area contributed by atoms with Gasteiger partial charge < -0.3 is 0 Å². The Balaban J connectivity index is 1.74. The summed E-state index contributed by atoms with van der Waals surface area (Å²) in [7, 11) is 0. The fourth-order valence-corrected chi connectivity index (χ4v) is 3.21. The summed E-state index contributed by atoms with van der Waals surface area (Å²) in [6.07, 6.45) is 2.89. The van der Waals surface area contributed by atoms with Gasteiger partial charge in [0.2, 0.25) is 5.91 Å². The van der Waals surface area contributed by atoms with Crippen LogP contribution in [0.25, 0.3) is 17.3 Å². The van der Waals surface area contributed by atoms with Gasteiger partial charge in [-0.3, -0.25) is 20.2 Å². The van der Waals surface area contributed by atoms with E-state index in [4.69, 9.17) is 5.26 Å². The molecule has 7 nitrogen and oxygen atoms in total. The molecule has 28 heavy (non-hydrogen) atoms. The molecule has 138 valence electrons. The van der Waals surface area contributed by atoms with Crippen LogP contribution in [0, 0.1) is 28.4 Å². The number of carbonyl (C=O) groups is 1. The predicted molar refractivity (Wildman–Crippen MR) is 108 cm³/mol. The fraction of sp³-hybridized carbons (Fsp3) is 0.0500. The topological polar surface area (TPSA) is 109 Å². The van der Waals surface area contributed by atoms with Crippen LogP contribution < -0.4 is 5.32 Å². The number of amides is 1. The smallest absolute Gasteiger partial charge is 0.272 e. The number of benzene rings is 2.